The average Bonchev–Trinajstić information content (AvgIpc) is 3.46. The Labute approximate surface area is 272 Å². The van der Waals surface area contributed by atoms with Crippen molar-refractivity contribution in [3.63, 3.8) is 0 Å². The van der Waals surface area contributed by atoms with Gasteiger partial charge in [0.2, 0.25) is 11.8 Å². The highest BCUT2D eigenvalue weighted by Crippen LogP contribution is 2.42. The van der Waals surface area contributed by atoms with Crippen LogP contribution in [-0.4, -0.2) is 69.2 Å². The molecule has 1 aromatic heterocycles. The van der Waals surface area contributed by atoms with E-state index in [0.29, 0.717) is 45.5 Å². The summed E-state index contributed by atoms with van der Waals surface area (Å²) in [5, 5.41) is 10.1. The number of carbonyl (C=O) groups is 2. The molecule has 0 unspecified atom stereocenters. The van der Waals surface area contributed by atoms with Crippen molar-refractivity contribution in [3.05, 3.63) is 64.9 Å². The van der Waals surface area contributed by atoms with Gasteiger partial charge < -0.3 is 30.3 Å². The third kappa shape index (κ3) is 7.11. The number of amides is 2. The van der Waals surface area contributed by atoms with Gasteiger partial charge in [0, 0.05) is 43.5 Å². The number of ether oxygens (including phenoxy) is 2. The largest absolute Gasteiger partial charge is 0.495 e. The van der Waals surface area contributed by atoms with Gasteiger partial charge in [-0.1, -0.05) is 29.8 Å². The van der Waals surface area contributed by atoms with Crippen LogP contribution in [0.5, 0.6) is 11.5 Å². The Morgan fingerprint density at radius 1 is 1.07 bits per heavy atom. The molecule has 2 aromatic carbocycles. The summed E-state index contributed by atoms with van der Waals surface area (Å²) in [5.74, 6) is 0.814. The van der Waals surface area contributed by atoms with E-state index in [2.05, 4.69) is 37.4 Å². The topological polar surface area (TPSA) is 121 Å². The minimum atomic E-state index is -0.327. The normalized spacial score (nSPS) is 15.4. The minimum Gasteiger partial charge on any atom is -0.495 e. The van der Waals surface area contributed by atoms with Crippen molar-refractivity contribution in [2.75, 3.05) is 67.9 Å². The minimum absolute atomic E-state index is 0.123. The number of benzene rings is 2. The van der Waals surface area contributed by atoms with Crippen molar-refractivity contribution >= 4 is 63.7 Å². The summed E-state index contributed by atoms with van der Waals surface area (Å²) in [6.07, 6.45) is 5.96. The number of rotatable bonds is 10. The summed E-state index contributed by atoms with van der Waals surface area (Å²) in [4.78, 5) is 38.1. The summed E-state index contributed by atoms with van der Waals surface area (Å²) < 4.78 is 10.6. The fourth-order valence-electron chi connectivity index (χ4n) is 5.87. The molecule has 0 saturated carbocycles. The quantitative estimate of drug-likeness (QED) is 0.245. The lowest BCUT2D eigenvalue weighted by Gasteiger charge is -2.34. The molecule has 2 aliphatic rings. The standard InChI is InChI=1S/C32H37Cl2N7O4/c1-5-28(42)39-23-14-20(41-13-10-32(18-41)8-11-35-12-9-32)6-7-22(23)38-26-17-27(37-19-36-26)40(2)29(43)15-21-30(33)24(44-3)16-25(45-4)31(21)34/h5-7,14,16-17,19,35H,1,8-13,15,18H2,2-4H3,(H,39,42)(H,36,37,38). The molecule has 2 amide bonds. The van der Waals surface area contributed by atoms with E-state index in [0.717, 1.165) is 38.3 Å². The molecule has 2 aliphatic heterocycles. The van der Waals surface area contributed by atoms with E-state index >= 15 is 0 Å². The lowest BCUT2D eigenvalue weighted by atomic mass is 9.78. The number of halogens is 2. The van der Waals surface area contributed by atoms with E-state index in [4.69, 9.17) is 32.7 Å². The van der Waals surface area contributed by atoms with Gasteiger partial charge in [0.25, 0.3) is 0 Å². The Kier molecular flexibility index (Phi) is 10.0. The van der Waals surface area contributed by atoms with Gasteiger partial charge in [0.05, 0.1) is 42.1 Å². The van der Waals surface area contributed by atoms with Gasteiger partial charge in [-0.15, -0.1) is 0 Å². The second-order valence-electron chi connectivity index (χ2n) is 11.2. The smallest absolute Gasteiger partial charge is 0.247 e. The number of likely N-dealkylation sites (N-methyl/N-ethyl adjacent to an activating group) is 1. The van der Waals surface area contributed by atoms with Crippen LogP contribution in [0.3, 0.4) is 0 Å². The molecule has 0 radical (unpaired) electrons. The van der Waals surface area contributed by atoms with Crippen LogP contribution in [0.25, 0.3) is 0 Å². The zero-order valence-electron chi connectivity index (χ0n) is 25.6. The Balaban J connectivity index is 1.35. The first-order valence-corrected chi connectivity index (χ1v) is 15.4. The molecule has 5 rings (SSSR count). The van der Waals surface area contributed by atoms with E-state index in [1.54, 1.807) is 19.2 Å². The molecule has 2 saturated heterocycles. The number of piperidine rings is 1. The highest BCUT2D eigenvalue weighted by Gasteiger charge is 2.39. The Morgan fingerprint density at radius 2 is 1.78 bits per heavy atom. The summed E-state index contributed by atoms with van der Waals surface area (Å²) in [7, 11) is 4.55. The predicted molar refractivity (Wildman–Crippen MR) is 179 cm³/mol. The molecule has 45 heavy (non-hydrogen) atoms. The Bertz CT molecular complexity index is 1570. The average molecular weight is 655 g/mol. The zero-order chi connectivity index (χ0) is 32.1. The third-order valence-electron chi connectivity index (χ3n) is 8.54. The van der Waals surface area contributed by atoms with Gasteiger partial charge in [-0.25, -0.2) is 9.97 Å². The number of hydrogen-bond donors (Lipinski definition) is 3. The zero-order valence-corrected chi connectivity index (χ0v) is 27.1. The van der Waals surface area contributed by atoms with Gasteiger partial charge in [-0.3, -0.25) is 14.5 Å². The van der Waals surface area contributed by atoms with E-state index < -0.39 is 0 Å². The summed E-state index contributed by atoms with van der Waals surface area (Å²) in [6.45, 7) is 7.66. The summed E-state index contributed by atoms with van der Waals surface area (Å²) >= 11 is 13.0. The molecule has 11 nitrogen and oxygen atoms in total. The monoisotopic (exact) mass is 653 g/mol. The van der Waals surface area contributed by atoms with Gasteiger partial charge in [0.1, 0.15) is 29.5 Å². The second-order valence-corrected chi connectivity index (χ2v) is 12.0. The van der Waals surface area contributed by atoms with Gasteiger partial charge in [-0.2, -0.15) is 0 Å². The summed E-state index contributed by atoms with van der Waals surface area (Å²) in [5.41, 5.74) is 2.97. The molecule has 3 heterocycles. The number of nitrogens with one attached hydrogen (secondary N) is 3. The first-order valence-electron chi connectivity index (χ1n) is 14.6. The van der Waals surface area contributed by atoms with Crippen molar-refractivity contribution in [1.29, 1.82) is 0 Å². The lowest BCUT2D eigenvalue weighted by molar-refractivity contribution is -0.117. The molecule has 3 aromatic rings. The maximum absolute atomic E-state index is 13.4. The molecule has 0 atom stereocenters. The number of aromatic nitrogens is 2. The van der Waals surface area contributed by atoms with Crippen molar-refractivity contribution in [3.8, 4) is 11.5 Å². The van der Waals surface area contributed by atoms with E-state index in [1.165, 1.54) is 44.4 Å². The lowest BCUT2D eigenvalue weighted by Crippen LogP contribution is -2.38. The predicted octanol–water partition coefficient (Wildman–Crippen LogP) is 5.45. The van der Waals surface area contributed by atoms with Gasteiger partial charge in [0.15, 0.2) is 0 Å². The van der Waals surface area contributed by atoms with Crippen molar-refractivity contribution in [1.82, 2.24) is 15.3 Å². The first kappa shape index (κ1) is 32.3. The highest BCUT2D eigenvalue weighted by atomic mass is 35.5. The van der Waals surface area contributed by atoms with E-state index in [1.807, 2.05) is 18.2 Å². The number of anilines is 5. The van der Waals surface area contributed by atoms with Crippen molar-refractivity contribution in [2.45, 2.75) is 25.7 Å². The molecule has 1 spiro atoms. The molecular formula is C32H37Cl2N7O4. The fourth-order valence-corrected chi connectivity index (χ4v) is 6.51. The second kappa shape index (κ2) is 13.9. The molecular weight excluding hydrogens is 617 g/mol. The van der Waals surface area contributed by atoms with Crippen molar-refractivity contribution in [2.24, 2.45) is 5.41 Å². The third-order valence-corrected chi connectivity index (χ3v) is 9.37. The van der Waals surface area contributed by atoms with E-state index in [-0.39, 0.29) is 28.3 Å². The van der Waals surface area contributed by atoms with Crippen LogP contribution in [-0.2, 0) is 16.0 Å². The molecule has 0 aliphatic carbocycles. The first-order chi connectivity index (χ1) is 21.7. The fraction of sp³-hybridized carbons (Fsp3) is 0.375. The van der Waals surface area contributed by atoms with Crippen LogP contribution in [0.15, 0.2) is 49.3 Å². The van der Waals surface area contributed by atoms with Crippen LogP contribution in [0, 0.1) is 5.41 Å². The highest BCUT2D eigenvalue weighted by molar-refractivity contribution is 6.38. The number of carbonyl (C=O) groups excluding carboxylic acids is 2. The van der Waals surface area contributed by atoms with E-state index in [9.17, 15) is 9.59 Å². The number of nitrogens with zero attached hydrogens (tertiary/aromatic N) is 4. The van der Waals surface area contributed by atoms with Crippen LogP contribution < -0.4 is 35.2 Å². The molecule has 2 fully saturated rings. The molecule has 3 N–H and O–H groups in total. The maximum atomic E-state index is 13.4. The van der Waals surface area contributed by atoms with Crippen LogP contribution in [0.4, 0.5) is 28.7 Å². The molecule has 238 valence electrons. The van der Waals surface area contributed by atoms with Crippen LogP contribution in [0.2, 0.25) is 10.0 Å². The Morgan fingerprint density at radius 3 is 2.44 bits per heavy atom. The van der Waals surface area contributed by atoms with Gasteiger partial charge >= 0.3 is 0 Å². The number of hydrogen-bond acceptors (Lipinski definition) is 9. The van der Waals surface area contributed by atoms with Crippen LogP contribution >= 0.6 is 23.2 Å². The molecule has 13 heteroatoms. The molecule has 0 bridgehead atoms. The van der Waals surface area contributed by atoms with Gasteiger partial charge in [-0.05, 0) is 62.0 Å². The summed E-state index contributed by atoms with van der Waals surface area (Å²) in [6, 6.07) is 9.14. The van der Waals surface area contributed by atoms with Crippen molar-refractivity contribution < 1.29 is 19.1 Å². The SMILES string of the molecule is C=CC(=O)Nc1cc(N2CCC3(CCNCC3)C2)ccc1Nc1cc(N(C)C(=O)Cc2c(Cl)c(OC)cc(OC)c2Cl)ncn1. The number of methoxy groups -OCH3 is 2. The van der Waals surface area contributed by atoms with Crippen LogP contribution in [0.1, 0.15) is 24.8 Å². The maximum Gasteiger partial charge on any atom is 0.247 e. The Hall–Kier alpha value is -4.06.